The molecule has 0 N–H and O–H groups in total. The van der Waals surface area contributed by atoms with Crippen LogP contribution in [-0.4, -0.2) is 68.7 Å². The molecule has 1 aliphatic heterocycles. The predicted octanol–water partition coefficient (Wildman–Crippen LogP) is 6.78. The highest BCUT2D eigenvalue weighted by atomic mass is 35.5. The minimum Gasteiger partial charge on any atom is -0.346 e. The van der Waals surface area contributed by atoms with E-state index >= 15 is 0 Å². The first-order valence-electron chi connectivity index (χ1n) is 15.2. The van der Waals surface area contributed by atoms with Crippen molar-refractivity contribution in [1.82, 2.24) is 14.1 Å². The van der Waals surface area contributed by atoms with Gasteiger partial charge in [0.25, 0.3) is 0 Å². The summed E-state index contributed by atoms with van der Waals surface area (Å²) in [6, 6.07) is 14.1. The van der Waals surface area contributed by atoms with Crippen LogP contribution >= 0.6 is 11.6 Å². The predicted molar refractivity (Wildman–Crippen MR) is 168 cm³/mol. The Bertz CT molecular complexity index is 1290. The summed E-state index contributed by atoms with van der Waals surface area (Å²) in [5.41, 5.74) is 2.91. The van der Waals surface area contributed by atoms with Gasteiger partial charge in [-0.1, -0.05) is 48.4 Å². The van der Waals surface area contributed by atoms with Gasteiger partial charge in [0.1, 0.15) is 0 Å². The highest BCUT2D eigenvalue weighted by molar-refractivity contribution is 7.89. The Morgan fingerprint density at radius 2 is 1.66 bits per heavy atom. The summed E-state index contributed by atoms with van der Waals surface area (Å²) in [5, 5.41) is 0.576. The third-order valence-electron chi connectivity index (χ3n) is 9.71. The van der Waals surface area contributed by atoms with Gasteiger partial charge in [-0.3, -0.25) is 9.69 Å². The molecule has 1 aliphatic carbocycles. The molecule has 1 unspecified atom stereocenters. The quantitative estimate of drug-likeness (QED) is 0.301. The molecule has 2 aromatic carbocycles. The van der Waals surface area contributed by atoms with E-state index in [-0.39, 0.29) is 17.5 Å². The van der Waals surface area contributed by atoms with E-state index in [9.17, 15) is 13.2 Å². The number of halogens is 1. The fourth-order valence-corrected chi connectivity index (χ4v) is 9.14. The van der Waals surface area contributed by atoms with Gasteiger partial charge in [0.05, 0.1) is 4.90 Å². The largest absolute Gasteiger partial charge is 0.346 e. The van der Waals surface area contributed by atoms with Crippen molar-refractivity contribution in [2.24, 2.45) is 5.92 Å². The van der Waals surface area contributed by atoms with Crippen LogP contribution < -0.4 is 0 Å². The zero-order valence-electron chi connectivity index (χ0n) is 25.5. The first-order valence-corrected chi connectivity index (χ1v) is 17.0. The van der Waals surface area contributed by atoms with Crippen LogP contribution in [0.4, 0.5) is 0 Å². The van der Waals surface area contributed by atoms with Crippen molar-refractivity contribution in [1.29, 1.82) is 0 Å². The monoisotopic (exact) mass is 601 g/mol. The normalized spacial score (nSPS) is 24.0. The molecule has 2 aromatic rings. The van der Waals surface area contributed by atoms with Crippen molar-refractivity contribution >= 4 is 27.5 Å². The molecule has 1 amide bonds. The van der Waals surface area contributed by atoms with E-state index in [1.165, 1.54) is 5.56 Å². The van der Waals surface area contributed by atoms with E-state index < -0.39 is 10.0 Å². The molecule has 1 heterocycles. The summed E-state index contributed by atoms with van der Waals surface area (Å²) in [5.74, 6) is 0.723. The van der Waals surface area contributed by atoms with E-state index in [1.807, 2.05) is 18.9 Å². The summed E-state index contributed by atoms with van der Waals surface area (Å²) in [6.45, 7) is 4.87. The second-order valence-electron chi connectivity index (χ2n) is 12.5. The zero-order valence-corrected chi connectivity index (χ0v) is 27.1. The van der Waals surface area contributed by atoms with Crippen LogP contribution in [-0.2, 0) is 20.4 Å². The number of sulfonamides is 1. The van der Waals surface area contributed by atoms with Crippen molar-refractivity contribution in [3.63, 3.8) is 0 Å². The minimum atomic E-state index is -3.66. The molecule has 0 bridgehead atoms. The molecule has 1 atom stereocenters. The smallest absolute Gasteiger partial charge is 0.243 e. The van der Waals surface area contributed by atoms with E-state index in [2.05, 4.69) is 49.3 Å². The van der Waals surface area contributed by atoms with E-state index in [0.717, 1.165) is 63.5 Å². The maximum absolute atomic E-state index is 13.7. The number of hydrogen-bond donors (Lipinski definition) is 0. The molecule has 2 fully saturated rings. The van der Waals surface area contributed by atoms with Gasteiger partial charge >= 0.3 is 0 Å². The number of rotatable bonds is 10. The lowest BCUT2D eigenvalue weighted by atomic mass is 9.71. The lowest BCUT2D eigenvalue weighted by Gasteiger charge is -2.46. The molecule has 1 saturated carbocycles. The number of aryl methyl sites for hydroxylation is 2. The van der Waals surface area contributed by atoms with Crippen LogP contribution in [0.5, 0.6) is 0 Å². The van der Waals surface area contributed by atoms with Crippen LogP contribution in [0, 0.1) is 19.8 Å². The number of hydrogen-bond acceptors (Lipinski definition) is 4. The van der Waals surface area contributed by atoms with Gasteiger partial charge in [-0.05, 0) is 114 Å². The first-order chi connectivity index (χ1) is 19.5. The Hall–Kier alpha value is -1.93. The standard InChI is InChI=1S/C33H48ClN3O3S/c1-25-24-31(26(2)23-30(25)34)41(39,40)37-21-10-9-13-29(37)14-15-32(38)36(5)22-18-27-16-19-33(20-17-27,35(3)4)28-11-7-6-8-12-28/h6-8,11-12,23-24,27,29H,9-10,13-22H2,1-5H3. The van der Waals surface area contributed by atoms with E-state index in [4.69, 9.17) is 11.6 Å². The van der Waals surface area contributed by atoms with Gasteiger partial charge in [-0.25, -0.2) is 8.42 Å². The number of carbonyl (C=O) groups excluding carboxylic acids is 1. The highest BCUT2D eigenvalue weighted by Crippen LogP contribution is 2.44. The maximum Gasteiger partial charge on any atom is 0.243 e. The average molecular weight is 602 g/mol. The van der Waals surface area contributed by atoms with E-state index in [0.29, 0.717) is 40.8 Å². The molecule has 0 radical (unpaired) electrons. The van der Waals surface area contributed by atoms with Crippen molar-refractivity contribution in [2.45, 2.75) is 94.5 Å². The lowest BCUT2D eigenvalue weighted by Crippen LogP contribution is -2.45. The van der Waals surface area contributed by atoms with Crippen molar-refractivity contribution in [2.75, 3.05) is 34.2 Å². The summed E-state index contributed by atoms with van der Waals surface area (Å²) in [4.78, 5) is 17.7. The highest BCUT2D eigenvalue weighted by Gasteiger charge is 2.39. The third kappa shape index (κ3) is 7.18. The third-order valence-corrected chi connectivity index (χ3v) is 12.2. The minimum absolute atomic E-state index is 0.0922. The fraction of sp³-hybridized carbons (Fsp3) is 0.606. The molecule has 1 saturated heterocycles. The molecule has 41 heavy (non-hydrogen) atoms. The van der Waals surface area contributed by atoms with Crippen LogP contribution in [0.15, 0.2) is 47.4 Å². The van der Waals surface area contributed by atoms with Crippen molar-refractivity contribution < 1.29 is 13.2 Å². The molecule has 6 nitrogen and oxygen atoms in total. The maximum atomic E-state index is 13.7. The fourth-order valence-electron chi connectivity index (χ4n) is 6.91. The molecular weight excluding hydrogens is 554 g/mol. The number of carbonyl (C=O) groups is 1. The van der Waals surface area contributed by atoms with Gasteiger partial charge in [0, 0.05) is 43.2 Å². The lowest BCUT2D eigenvalue weighted by molar-refractivity contribution is -0.130. The Balaban J connectivity index is 1.30. The number of benzene rings is 2. The topological polar surface area (TPSA) is 60.9 Å². The van der Waals surface area contributed by atoms with Gasteiger partial charge in [-0.15, -0.1) is 0 Å². The summed E-state index contributed by atoms with van der Waals surface area (Å²) >= 11 is 6.24. The zero-order chi connectivity index (χ0) is 29.8. The average Bonchev–Trinajstić information content (AvgIpc) is 2.97. The van der Waals surface area contributed by atoms with Crippen LogP contribution in [0.2, 0.25) is 5.02 Å². The van der Waals surface area contributed by atoms with Crippen LogP contribution in [0.3, 0.4) is 0 Å². The van der Waals surface area contributed by atoms with Crippen molar-refractivity contribution in [3.8, 4) is 0 Å². The Labute approximate surface area is 253 Å². The Morgan fingerprint density at radius 3 is 2.32 bits per heavy atom. The van der Waals surface area contributed by atoms with Gasteiger partial charge in [0.15, 0.2) is 0 Å². The number of amides is 1. The SMILES string of the molecule is Cc1cc(S(=O)(=O)N2CCCCC2CCC(=O)N(C)CCC2CCC(c3ccccc3)(N(C)C)CC2)c(C)cc1Cl. The molecule has 226 valence electrons. The second kappa shape index (κ2) is 13.6. The van der Waals surface area contributed by atoms with Gasteiger partial charge in [-0.2, -0.15) is 4.31 Å². The number of piperidine rings is 1. The van der Waals surface area contributed by atoms with Crippen LogP contribution in [0.1, 0.15) is 80.9 Å². The molecule has 2 aliphatic rings. The Kier molecular flexibility index (Phi) is 10.6. The van der Waals surface area contributed by atoms with E-state index in [1.54, 1.807) is 23.4 Å². The summed E-state index contributed by atoms with van der Waals surface area (Å²) in [6.07, 6.45) is 9.14. The molecule has 0 spiro atoms. The summed E-state index contributed by atoms with van der Waals surface area (Å²) < 4.78 is 29.0. The first kappa shape index (κ1) is 32.0. The van der Waals surface area contributed by atoms with Crippen molar-refractivity contribution in [3.05, 3.63) is 64.2 Å². The molecular formula is C33H48ClN3O3S. The summed E-state index contributed by atoms with van der Waals surface area (Å²) in [7, 11) is 2.61. The number of nitrogens with zero attached hydrogens (tertiary/aromatic N) is 3. The van der Waals surface area contributed by atoms with Gasteiger partial charge < -0.3 is 4.90 Å². The Morgan fingerprint density at radius 1 is 0.976 bits per heavy atom. The van der Waals surface area contributed by atoms with Crippen LogP contribution in [0.25, 0.3) is 0 Å². The molecule has 0 aromatic heterocycles. The molecule has 8 heteroatoms. The van der Waals surface area contributed by atoms with Gasteiger partial charge in [0.2, 0.25) is 15.9 Å². The molecule has 4 rings (SSSR count). The second-order valence-corrected chi connectivity index (χ2v) is 14.8.